The summed E-state index contributed by atoms with van der Waals surface area (Å²) >= 11 is 0. The van der Waals surface area contributed by atoms with Gasteiger partial charge in [-0.2, -0.15) is 0 Å². The maximum Gasteiger partial charge on any atom is 0.344 e. The molecule has 20 nitrogen and oxygen atoms in total. The van der Waals surface area contributed by atoms with Crippen LogP contribution in [-0.2, 0) is 15.9 Å². The number of aromatic hydroxyl groups is 2. The third kappa shape index (κ3) is 10.3. The Morgan fingerprint density at radius 3 is 2.29 bits per heavy atom. The summed E-state index contributed by atoms with van der Waals surface area (Å²) in [6, 6.07) is 11.6. The first-order valence-electron chi connectivity index (χ1n) is 16.6. The summed E-state index contributed by atoms with van der Waals surface area (Å²) in [5.41, 5.74) is 5.49. The van der Waals surface area contributed by atoms with Crippen LogP contribution in [0.1, 0.15) is 33.2 Å². The molecular weight excluding hydrogens is 732 g/mol. The Hall–Kier alpha value is -5.77. The molecule has 0 bridgehead atoms. The first kappa shape index (κ1) is 42.0. The van der Waals surface area contributed by atoms with E-state index < -0.39 is 84.4 Å². The summed E-state index contributed by atoms with van der Waals surface area (Å²) < 4.78 is 32.8. The molecule has 0 aliphatic carbocycles. The van der Waals surface area contributed by atoms with Gasteiger partial charge in [-0.25, -0.2) is 9.59 Å². The fraction of sp³-hybridized carbons (Fsp3) is 0.400. The molecule has 300 valence electrons. The summed E-state index contributed by atoms with van der Waals surface area (Å²) in [4.78, 5) is 29.1. The molecule has 1 aliphatic rings. The number of methoxy groups -OCH3 is 1. The van der Waals surface area contributed by atoms with Crippen LogP contribution >= 0.6 is 0 Å². The second kappa shape index (κ2) is 19.0. The molecule has 0 unspecified atom stereocenters. The van der Waals surface area contributed by atoms with Crippen LogP contribution in [0.15, 0.2) is 53.5 Å². The molecule has 1 aliphatic heterocycles. The van der Waals surface area contributed by atoms with E-state index in [2.05, 4.69) is 15.6 Å². The summed E-state index contributed by atoms with van der Waals surface area (Å²) in [5.74, 6) is -5.72. The van der Waals surface area contributed by atoms with Crippen LogP contribution in [0.25, 0.3) is 0 Å². The highest BCUT2D eigenvalue weighted by molar-refractivity contribution is 5.96. The smallest absolute Gasteiger partial charge is 0.344 e. The molecule has 1 saturated heterocycles. The summed E-state index contributed by atoms with van der Waals surface area (Å²) in [6.45, 7) is 0.762. The number of nitrogens with one attached hydrogen (secondary N) is 2. The number of aliphatic hydroxyl groups excluding tert-OH is 5. The van der Waals surface area contributed by atoms with Crippen molar-refractivity contribution in [2.75, 3.05) is 39.4 Å². The number of hydrogen-bond acceptors (Lipinski definition) is 17. The van der Waals surface area contributed by atoms with Gasteiger partial charge in [-0.05, 0) is 12.5 Å². The molecule has 12 N–H and O–H groups in total. The highest BCUT2D eigenvalue weighted by atomic mass is 16.7. The normalized spacial score (nSPS) is 20.8. The van der Waals surface area contributed by atoms with Crippen molar-refractivity contribution in [2.45, 2.75) is 56.4 Å². The Bertz CT molecular complexity index is 1810. The molecule has 4 rings (SSSR count). The van der Waals surface area contributed by atoms with Crippen molar-refractivity contribution in [1.29, 1.82) is 0 Å². The van der Waals surface area contributed by atoms with E-state index in [9.17, 15) is 50.4 Å². The number of hydrogen-bond donors (Lipinski definition) is 11. The molecule has 55 heavy (non-hydrogen) atoms. The Labute approximate surface area is 313 Å². The molecule has 3 aromatic carbocycles. The predicted molar refractivity (Wildman–Crippen MR) is 190 cm³/mol. The lowest BCUT2D eigenvalue weighted by Crippen LogP contribution is -2.62. The zero-order chi connectivity index (χ0) is 40.4. The van der Waals surface area contributed by atoms with Crippen molar-refractivity contribution in [3.63, 3.8) is 0 Å². The van der Waals surface area contributed by atoms with Gasteiger partial charge in [-0.15, -0.1) is 0 Å². The zero-order valence-corrected chi connectivity index (χ0v) is 29.9. The van der Waals surface area contributed by atoms with Gasteiger partial charge < -0.3 is 85.6 Å². The fourth-order valence-electron chi connectivity index (χ4n) is 5.19. The van der Waals surface area contributed by atoms with Gasteiger partial charge in [-0.3, -0.25) is 4.99 Å². The number of carboxylic acid groups (broad SMARTS) is 1. The number of ether oxygens (including phenoxy) is 6. The van der Waals surface area contributed by atoms with Crippen LogP contribution in [-0.4, -0.2) is 136 Å². The van der Waals surface area contributed by atoms with E-state index in [1.54, 1.807) is 6.92 Å². The Balaban J connectivity index is 1.59. The Morgan fingerprint density at radius 1 is 0.964 bits per heavy atom. The van der Waals surface area contributed by atoms with Crippen LogP contribution in [0.5, 0.6) is 34.5 Å². The number of carbonyl (C=O) groups is 2. The third-order valence-electron chi connectivity index (χ3n) is 8.18. The quantitative estimate of drug-likeness (QED) is 0.0355. The lowest BCUT2D eigenvalue weighted by molar-refractivity contribution is -0.309. The topological polar surface area (TPSA) is 314 Å². The van der Waals surface area contributed by atoms with Crippen molar-refractivity contribution in [2.24, 2.45) is 10.7 Å². The van der Waals surface area contributed by atoms with Gasteiger partial charge in [0, 0.05) is 37.7 Å². The van der Waals surface area contributed by atoms with Crippen LogP contribution < -0.4 is 35.3 Å². The maximum absolute atomic E-state index is 13.3. The molecule has 0 saturated carbocycles. The SMILES string of the molecule is CN=C(N)NCOc1cc(C(=O)O)c(N[C@H](C)CO)cc1O[C@H]1O[C@H]([C@@H](O)OC(=O)c2cc(OC)c(O)c(OCCc3ccccc3)c2O)[C@@H](O)[C@H](O)[C@H]1O. The number of aromatic carboxylic acids is 1. The number of phenolic OH excluding ortho intramolecular Hbond substituents is 2. The minimum atomic E-state index is -2.40. The first-order chi connectivity index (χ1) is 26.2. The average molecular weight is 777 g/mol. The standard InChI is InChI=1S/C35H44N4O16/c1-16(14-40)39-20-13-22(21(11-18(20)31(46)47)52-15-38-35(36)37-2)53-34-28(45)26(43)27(44)30(54-34)33(49)55-32(48)19-12-23(50-3)25(42)29(24(19)41)51-10-9-17-7-5-4-6-8-17/h4-8,11-13,16,26-28,30,33-34,39-45,49H,9-10,14-15H2,1-3H3,(H,46,47)(H3,36,37,38)/t16-,26+,27+,28-,30+,33+,34+/m1/s1. The van der Waals surface area contributed by atoms with Crippen molar-refractivity contribution in [3.8, 4) is 34.5 Å². The summed E-state index contributed by atoms with van der Waals surface area (Å²) in [6.07, 6.45) is -12.2. The molecule has 0 aromatic heterocycles. The summed E-state index contributed by atoms with van der Waals surface area (Å²) in [5, 5.41) is 89.6. The van der Waals surface area contributed by atoms with E-state index in [0.717, 1.165) is 23.8 Å². The number of carbonyl (C=O) groups excluding carboxylic acids is 1. The molecule has 1 heterocycles. The highest BCUT2D eigenvalue weighted by Crippen LogP contribution is 2.46. The van der Waals surface area contributed by atoms with Crippen LogP contribution in [0.2, 0.25) is 0 Å². The van der Waals surface area contributed by atoms with Gasteiger partial charge >= 0.3 is 11.9 Å². The highest BCUT2D eigenvalue weighted by Gasteiger charge is 2.49. The monoisotopic (exact) mass is 776 g/mol. The largest absolute Gasteiger partial charge is 0.504 e. The molecular formula is C35H44N4O16. The van der Waals surface area contributed by atoms with Gasteiger partial charge in [-0.1, -0.05) is 30.3 Å². The van der Waals surface area contributed by atoms with E-state index in [0.29, 0.717) is 6.42 Å². The van der Waals surface area contributed by atoms with Crippen LogP contribution in [0.4, 0.5) is 5.69 Å². The minimum absolute atomic E-state index is 0.0311. The molecule has 0 spiro atoms. The Morgan fingerprint density at radius 2 is 1.65 bits per heavy atom. The lowest BCUT2D eigenvalue weighted by Gasteiger charge is -2.41. The average Bonchev–Trinajstić information content (AvgIpc) is 3.16. The second-order valence-electron chi connectivity index (χ2n) is 12.0. The number of aliphatic hydroxyl groups is 5. The lowest BCUT2D eigenvalue weighted by atomic mass is 9.98. The fourth-order valence-corrected chi connectivity index (χ4v) is 5.19. The van der Waals surface area contributed by atoms with Crippen molar-refractivity contribution >= 4 is 23.6 Å². The number of anilines is 1. The number of esters is 1. The van der Waals surface area contributed by atoms with Crippen molar-refractivity contribution in [3.05, 3.63) is 65.2 Å². The van der Waals surface area contributed by atoms with Crippen LogP contribution in [0, 0.1) is 0 Å². The van der Waals surface area contributed by atoms with Crippen molar-refractivity contribution < 1.29 is 78.9 Å². The van der Waals surface area contributed by atoms with Gasteiger partial charge in [0.05, 0.1) is 31.6 Å². The van der Waals surface area contributed by atoms with E-state index in [4.69, 9.17) is 34.2 Å². The van der Waals surface area contributed by atoms with Gasteiger partial charge in [0.25, 0.3) is 0 Å². The maximum atomic E-state index is 13.3. The predicted octanol–water partition coefficient (Wildman–Crippen LogP) is -0.549. The molecule has 7 atom stereocenters. The number of benzene rings is 3. The molecule has 20 heteroatoms. The van der Waals surface area contributed by atoms with Crippen LogP contribution in [0.3, 0.4) is 0 Å². The number of phenols is 2. The zero-order valence-electron chi connectivity index (χ0n) is 29.9. The first-order valence-corrected chi connectivity index (χ1v) is 16.6. The van der Waals surface area contributed by atoms with Gasteiger partial charge in [0.15, 0.2) is 41.8 Å². The second-order valence-corrected chi connectivity index (χ2v) is 12.0. The number of guanidine groups is 1. The summed E-state index contributed by atoms with van der Waals surface area (Å²) in [7, 11) is 2.57. The molecule has 1 fully saturated rings. The number of nitrogens with zero attached hydrogens (tertiary/aromatic N) is 1. The number of rotatable bonds is 17. The molecule has 0 radical (unpaired) electrons. The minimum Gasteiger partial charge on any atom is -0.504 e. The van der Waals surface area contributed by atoms with E-state index in [-0.39, 0.29) is 47.8 Å². The third-order valence-corrected chi connectivity index (χ3v) is 8.18. The molecule has 0 amide bonds. The van der Waals surface area contributed by atoms with E-state index in [1.165, 1.54) is 14.2 Å². The van der Waals surface area contributed by atoms with E-state index >= 15 is 0 Å². The van der Waals surface area contributed by atoms with Crippen molar-refractivity contribution in [1.82, 2.24) is 5.32 Å². The van der Waals surface area contributed by atoms with Gasteiger partial charge in [0.1, 0.15) is 23.9 Å². The number of carboxylic acids is 1. The van der Waals surface area contributed by atoms with Gasteiger partial charge in [0.2, 0.25) is 24.1 Å². The number of aliphatic imine (C=N–C) groups is 1. The van der Waals surface area contributed by atoms with E-state index in [1.807, 2.05) is 30.3 Å². The number of nitrogens with two attached hydrogens (primary N) is 1. The molecule has 3 aromatic rings. The Kier molecular flexibility index (Phi) is 14.5.